The third-order valence-corrected chi connectivity index (χ3v) is 4.75. The maximum Gasteiger partial charge on any atom is 0.328 e. The molecular formula is C16H23N5O3S. The molecule has 2 unspecified atom stereocenters. The third kappa shape index (κ3) is 4.68. The molecule has 8 nitrogen and oxygen atoms in total. The van der Waals surface area contributed by atoms with Gasteiger partial charge in [-0.15, -0.1) is 5.10 Å². The van der Waals surface area contributed by atoms with E-state index in [0.29, 0.717) is 10.9 Å². The van der Waals surface area contributed by atoms with Crippen LogP contribution in [0.1, 0.15) is 31.7 Å². The Hall–Kier alpha value is -2.16. The van der Waals surface area contributed by atoms with Gasteiger partial charge in [0.25, 0.3) is 5.78 Å². The summed E-state index contributed by atoms with van der Waals surface area (Å²) in [7, 11) is 1.32. The lowest BCUT2D eigenvalue weighted by Gasteiger charge is -2.21. The van der Waals surface area contributed by atoms with Gasteiger partial charge in [0.1, 0.15) is 6.04 Å². The molecule has 1 amide bonds. The first-order chi connectivity index (χ1) is 11.8. The molecule has 2 rings (SSSR count). The van der Waals surface area contributed by atoms with Crippen molar-refractivity contribution >= 4 is 29.4 Å². The van der Waals surface area contributed by atoms with Gasteiger partial charge in [-0.05, 0) is 25.8 Å². The van der Waals surface area contributed by atoms with E-state index in [1.807, 2.05) is 33.8 Å². The van der Waals surface area contributed by atoms with E-state index in [0.717, 1.165) is 17.8 Å². The average molecular weight is 365 g/mol. The van der Waals surface area contributed by atoms with E-state index >= 15 is 0 Å². The molecule has 0 spiro atoms. The first-order valence-electron chi connectivity index (χ1n) is 8.06. The minimum Gasteiger partial charge on any atom is -0.467 e. The van der Waals surface area contributed by atoms with Crippen molar-refractivity contribution < 1.29 is 14.3 Å². The molecule has 2 aromatic rings. The van der Waals surface area contributed by atoms with Crippen LogP contribution in [-0.2, 0) is 14.3 Å². The van der Waals surface area contributed by atoms with E-state index in [2.05, 4.69) is 20.4 Å². The summed E-state index contributed by atoms with van der Waals surface area (Å²) in [4.78, 5) is 32.7. The topological polar surface area (TPSA) is 98.5 Å². The van der Waals surface area contributed by atoms with Gasteiger partial charge >= 0.3 is 5.97 Å². The Morgan fingerprint density at radius 1 is 1.36 bits per heavy atom. The Morgan fingerprint density at radius 2 is 2.08 bits per heavy atom. The number of aryl methyl sites for hydroxylation is 2. The molecule has 0 aromatic carbocycles. The molecule has 0 saturated carbocycles. The second kappa shape index (κ2) is 8.28. The van der Waals surface area contributed by atoms with Crippen LogP contribution in [-0.4, -0.2) is 50.4 Å². The number of carbonyl (C=O) groups excluding carboxylic acids is 2. The zero-order valence-electron chi connectivity index (χ0n) is 15.1. The number of rotatable bonds is 7. The average Bonchev–Trinajstić information content (AvgIpc) is 2.99. The molecule has 0 saturated heterocycles. The molecule has 0 aliphatic rings. The molecule has 0 fully saturated rings. The smallest absolute Gasteiger partial charge is 0.328 e. The molecule has 0 aliphatic heterocycles. The number of esters is 1. The molecular weight excluding hydrogens is 342 g/mol. The van der Waals surface area contributed by atoms with Gasteiger partial charge in [-0.25, -0.2) is 14.3 Å². The molecule has 0 aliphatic carbocycles. The number of nitrogens with zero attached hydrogens (tertiary/aromatic N) is 4. The second-order valence-corrected chi connectivity index (χ2v) is 6.83. The van der Waals surface area contributed by atoms with Gasteiger partial charge in [-0.2, -0.15) is 4.98 Å². The van der Waals surface area contributed by atoms with Gasteiger partial charge in [0.05, 0.1) is 12.9 Å². The fourth-order valence-electron chi connectivity index (χ4n) is 2.35. The predicted molar refractivity (Wildman–Crippen MR) is 94.4 cm³/mol. The van der Waals surface area contributed by atoms with E-state index in [4.69, 9.17) is 4.74 Å². The molecule has 1 N–H and O–H groups in total. The maximum atomic E-state index is 12.2. The summed E-state index contributed by atoms with van der Waals surface area (Å²) in [5.41, 5.74) is 1.79. The Labute approximate surface area is 150 Å². The summed E-state index contributed by atoms with van der Waals surface area (Å²) >= 11 is 1.20. The van der Waals surface area contributed by atoms with Crippen LogP contribution >= 0.6 is 11.8 Å². The van der Waals surface area contributed by atoms with Crippen molar-refractivity contribution in [1.82, 2.24) is 24.9 Å². The fraction of sp³-hybridized carbons (Fsp3) is 0.562. The van der Waals surface area contributed by atoms with Crippen LogP contribution in [0, 0.1) is 19.8 Å². The molecule has 25 heavy (non-hydrogen) atoms. The van der Waals surface area contributed by atoms with E-state index in [9.17, 15) is 9.59 Å². The number of thioether (sulfide) groups is 1. The maximum absolute atomic E-state index is 12.2. The van der Waals surface area contributed by atoms with Crippen LogP contribution in [0.15, 0.2) is 11.2 Å². The van der Waals surface area contributed by atoms with Crippen LogP contribution in [0.3, 0.4) is 0 Å². The zero-order chi connectivity index (χ0) is 18.6. The van der Waals surface area contributed by atoms with Gasteiger partial charge in [0.15, 0.2) is 0 Å². The van der Waals surface area contributed by atoms with Crippen molar-refractivity contribution in [2.24, 2.45) is 5.92 Å². The number of aromatic nitrogens is 4. The van der Waals surface area contributed by atoms with Gasteiger partial charge in [-0.3, -0.25) is 4.79 Å². The van der Waals surface area contributed by atoms with Crippen LogP contribution in [0.2, 0.25) is 0 Å². The summed E-state index contributed by atoms with van der Waals surface area (Å²) in [6.45, 7) is 7.67. The molecule has 9 heteroatoms. The SMILES string of the molecule is CCC(C)C(NC(=O)CSc1nc2nc(C)cc(C)n2n1)C(=O)OC. The predicted octanol–water partition coefficient (Wildman–Crippen LogP) is 1.54. The van der Waals surface area contributed by atoms with Gasteiger partial charge in [0, 0.05) is 11.4 Å². The summed E-state index contributed by atoms with van der Waals surface area (Å²) in [5, 5.41) is 7.54. The van der Waals surface area contributed by atoms with Crippen LogP contribution in [0.4, 0.5) is 0 Å². The first kappa shape index (κ1) is 19.2. The quantitative estimate of drug-likeness (QED) is 0.587. The van der Waals surface area contributed by atoms with Crippen molar-refractivity contribution in [2.75, 3.05) is 12.9 Å². The number of methoxy groups -OCH3 is 1. The Kier molecular flexibility index (Phi) is 6.35. The number of hydrogen-bond donors (Lipinski definition) is 1. The highest BCUT2D eigenvalue weighted by Gasteiger charge is 2.26. The number of ether oxygens (including phenoxy) is 1. The van der Waals surface area contributed by atoms with Crippen molar-refractivity contribution in [1.29, 1.82) is 0 Å². The molecule has 136 valence electrons. The normalized spacial score (nSPS) is 13.5. The lowest BCUT2D eigenvalue weighted by Crippen LogP contribution is -2.46. The van der Waals surface area contributed by atoms with Crippen molar-refractivity contribution in [3.05, 3.63) is 17.5 Å². The highest BCUT2D eigenvalue weighted by atomic mass is 32.2. The van der Waals surface area contributed by atoms with Crippen LogP contribution < -0.4 is 5.32 Å². The Balaban J connectivity index is 2.01. The third-order valence-electron chi connectivity index (χ3n) is 3.92. The Bertz CT molecular complexity index is 776. The molecule has 2 aromatic heterocycles. The van der Waals surface area contributed by atoms with Crippen LogP contribution in [0.25, 0.3) is 5.78 Å². The number of fused-ring (bicyclic) bond motifs is 1. The van der Waals surface area contributed by atoms with Crippen molar-refractivity contribution in [2.45, 2.75) is 45.3 Å². The number of amides is 1. The minimum atomic E-state index is -0.649. The molecule has 2 heterocycles. The van der Waals surface area contributed by atoms with Gasteiger partial charge in [0.2, 0.25) is 11.1 Å². The van der Waals surface area contributed by atoms with E-state index < -0.39 is 12.0 Å². The van der Waals surface area contributed by atoms with Gasteiger partial charge in [-0.1, -0.05) is 32.0 Å². The number of hydrogen-bond acceptors (Lipinski definition) is 7. The first-order valence-corrected chi connectivity index (χ1v) is 9.05. The number of carbonyl (C=O) groups is 2. The summed E-state index contributed by atoms with van der Waals surface area (Å²) in [6.07, 6.45) is 0.755. The zero-order valence-corrected chi connectivity index (χ0v) is 15.9. The lowest BCUT2D eigenvalue weighted by atomic mass is 9.99. The minimum absolute atomic E-state index is 0.00968. The summed E-state index contributed by atoms with van der Waals surface area (Å²) in [5.74, 6) is -0.0926. The van der Waals surface area contributed by atoms with E-state index in [1.54, 1.807) is 4.52 Å². The molecule has 2 atom stereocenters. The highest BCUT2D eigenvalue weighted by molar-refractivity contribution is 7.99. The van der Waals surface area contributed by atoms with Crippen molar-refractivity contribution in [3.8, 4) is 0 Å². The van der Waals surface area contributed by atoms with Gasteiger partial charge < -0.3 is 10.1 Å². The lowest BCUT2D eigenvalue weighted by molar-refractivity contribution is -0.146. The fourth-order valence-corrected chi connectivity index (χ4v) is 2.98. The number of nitrogens with one attached hydrogen (secondary N) is 1. The van der Waals surface area contributed by atoms with Crippen LogP contribution in [0.5, 0.6) is 0 Å². The summed E-state index contributed by atoms with van der Waals surface area (Å²) < 4.78 is 6.41. The second-order valence-electron chi connectivity index (χ2n) is 5.89. The van der Waals surface area contributed by atoms with Crippen molar-refractivity contribution in [3.63, 3.8) is 0 Å². The standard InChI is InChI=1S/C16H23N5O3S/c1-6-9(2)13(14(23)24-5)18-12(22)8-25-16-19-15-17-10(3)7-11(4)21(15)20-16/h7,9,13H,6,8H2,1-5H3,(H,18,22). The summed E-state index contributed by atoms with van der Waals surface area (Å²) in [6, 6.07) is 1.26. The molecule has 0 radical (unpaired) electrons. The largest absolute Gasteiger partial charge is 0.467 e. The van der Waals surface area contributed by atoms with E-state index in [-0.39, 0.29) is 17.6 Å². The van der Waals surface area contributed by atoms with E-state index in [1.165, 1.54) is 18.9 Å². The highest BCUT2D eigenvalue weighted by Crippen LogP contribution is 2.16. The monoisotopic (exact) mass is 365 g/mol. The molecule has 0 bridgehead atoms. The Morgan fingerprint density at radius 3 is 2.72 bits per heavy atom.